The maximum atomic E-state index is 11.2. The molecule has 0 bridgehead atoms. The Bertz CT molecular complexity index is 963. The summed E-state index contributed by atoms with van der Waals surface area (Å²) in [5.41, 5.74) is 6.90. The number of fused-ring (bicyclic) bond motifs is 1. The Morgan fingerprint density at radius 2 is 2.04 bits per heavy atom. The highest BCUT2D eigenvalue weighted by atomic mass is 16.5. The number of carbonyl (C=O) groups is 1. The molecule has 0 aliphatic rings. The lowest BCUT2D eigenvalue weighted by Gasteiger charge is -2.17. The molecule has 3 aromatic rings. The van der Waals surface area contributed by atoms with E-state index in [1.165, 1.54) is 0 Å². The summed E-state index contributed by atoms with van der Waals surface area (Å²) in [6, 6.07) is 6.25. The molecule has 27 heavy (non-hydrogen) atoms. The Balaban J connectivity index is 2.32. The van der Waals surface area contributed by atoms with Crippen LogP contribution >= 0.6 is 0 Å². The lowest BCUT2D eigenvalue weighted by molar-refractivity contribution is -0.136. The van der Waals surface area contributed by atoms with Gasteiger partial charge in [-0.05, 0) is 48.6 Å². The number of hydrogen-bond acceptors (Lipinski definition) is 4. The fraction of sp³-hybridized carbons (Fsp3) is 0.381. The van der Waals surface area contributed by atoms with Crippen molar-refractivity contribution in [3.8, 4) is 11.1 Å². The molecular weight excluding hydrogens is 342 g/mol. The van der Waals surface area contributed by atoms with Crippen molar-refractivity contribution < 1.29 is 14.6 Å². The number of hydrogen-bond donors (Lipinski definition) is 1. The first-order valence-corrected chi connectivity index (χ1v) is 9.26. The molecule has 0 saturated heterocycles. The van der Waals surface area contributed by atoms with Crippen LogP contribution in [0.1, 0.15) is 42.8 Å². The number of carboxylic acid groups (broad SMARTS) is 1. The van der Waals surface area contributed by atoms with Crippen molar-refractivity contribution in [1.29, 1.82) is 0 Å². The van der Waals surface area contributed by atoms with Gasteiger partial charge in [-0.3, -0.25) is 9.78 Å². The average molecular weight is 367 g/mol. The highest BCUT2D eigenvalue weighted by Crippen LogP contribution is 2.33. The van der Waals surface area contributed by atoms with Gasteiger partial charge in [0.25, 0.3) is 0 Å². The van der Waals surface area contributed by atoms with Gasteiger partial charge < -0.3 is 9.84 Å². The summed E-state index contributed by atoms with van der Waals surface area (Å²) in [7, 11) is 1.63. The molecule has 3 rings (SSSR count). The van der Waals surface area contributed by atoms with E-state index in [9.17, 15) is 9.90 Å². The molecule has 6 nitrogen and oxygen atoms in total. The zero-order chi connectivity index (χ0) is 19.4. The summed E-state index contributed by atoms with van der Waals surface area (Å²) in [5, 5.41) is 14.0. The van der Waals surface area contributed by atoms with Gasteiger partial charge in [-0.25, -0.2) is 4.52 Å². The predicted molar refractivity (Wildman–Crippen MR) is 104 cm³/mol. The number of nitrogens with zero attached hydrogens (tertiary/aromatic N) is 3. The Labute approximate surface area is 158 Å². The normalized spacial score (nSPS) is 11.2. The molecule has 0 radical (unpaired) electrons. The number of aromatic nitrogens is 3. The second-order valence-corrected chi connectivity index (χ2v) is 6.54. The monoisotopic (exact) mass is 367 g/mol. The van der Waals surface area contributed by atoms with Crippen molar-refractivity contribution in [1.82, 2.24) is 14.6 Å². The largest absolute Gasteiger partial charge is 0.481 e. The van der Waals surface area contributed by atoms with E-state index in [4.69, 9.17) is 9.84 Å². The molecule has 0 aliphatic heterocycles. The maximum absolute atomic E-state index is 11.2. The van der Waals surface area contributed by atoms with Crippen molar-refractivity contribution >= 4 is 11.5 Å². The van der Waals surface area contributed by atoms with E-state index in [2.05, 4.69) is 37.0 Å². The smallest absolute Gasteiger partial charge is 0.303 e. The Morgan fingerprint density at radius 3 is 2.70 bits per heavy atom. The van der Waals surface area contributed by atoms with Gasteiger partial charge >= 0.3 is 5.97 Å². The molecule has 3 heterocycles. The van der Waals surface area contributed by atoms with Crippen molar-refractivity contribution in [2.24, 2.45) is 0 Å². The van der Waals surface area contributed by atoms with E-state index in [0.717, 1.165) is 52.0 Å². The summed E-state index contributed by atoms with van der Waals surface area (Å²) >= 11 is 0. The van der Waals surface area contributed by atoms with Crippen LogP contribution < -0.4 is 0 Å². The zero-order valence-corrected chi connectivity index (χ0v) is 16.0. The van der Waals surface area contributed by atoms with Crippen LogP contribution in [0, 0.1) is 0 Å². The fourth-order valence-corrected chi connectivity index (χ4v) is 3.42. The number of methoxy groups -OCH3 is 1. The maximum Gasteiger partial charge on any atom is 0.303 e. The van der Waals surface area contributed by atoms with Crippen molar-refractivity contribution in [2.75, 3.05) is 7.11 Å². The SMILES string of the molecule is CCc1cncc(-c2c(CCC(=O)O)c(COC)nn3c(CC)ccc23)c1. The fourth-order valence-electron chi connectivity index (χ4n) is 3.42. The second kappa shape index (κ2) is 8.31. The number of pyridine rings is 1. The molecule has 0 aliphatic carbocycles. The van der Waals surface area contributed by atoms with E-state index < -0.39 is 5.97 Å². The highest BCUT2D eigenvalue weighted by molar-refractivity contribution is 5.84. The number of carboxylic acids is 1. The Hall–Kier alpha value is -2.73. The van der Waals surface area contributed by atoms with Gasteiger partial charge in [0, 0.05) is 42.7 Å². The average Bonchev–Trinajstić information content (AvgIpc) is 3.08. The van der Waals surface area contributed by atoms with Crippen molar-refractivity contribution in [3.05, 3.63) is 53.1 Å². The van der Waals surface area contributed by atoms with Gasteiger partial charge in [-0.1, -0.05) is 13.8 Å². The molecule has 0 unspecified atom stereocenters. The minimum Gasteiger partial charge on any atom is -0.481 e. The summed E-state index contributed by atoms with van der Waals surface area (Å²) in [6.07, 6.45) is 5.89. The number of ether oxygens (including phenoxy) is 1. The van der Waals surface area contributed by atoms with Gasteiger partial charge in [0.05, 0.1) is 17.8 Å². The zero-order valence-electron chi connectivity index (χ0n) is 16.0. The van der Waals surface area contributed by atoms with Crippen LogP contribution in [0.5, 0.6) is 0 Å². The van der Waals surface area contributed by atoms with Crippen LogP contribution in [0.3, 0.4) is 0 Å². The van der Waals surface area contributed by atoms with Gasteiger partial charge in [0.2, 0.25) is 0 Å². The number of aliphatic carboxylic acids is 1. The van der Waals surface area contributed by atoms with E-state index in [1.54, 1.807) is 7.11 Å². The number of aryl methyl sites for hydroxylation is 2. The molecule has 0 saturated carbocycles. The van der Waals surface area contributed by atoms with Crippen LogP contribution in [0.2, 0.25) is 0 Å². The molecule has 0 amide bonds. The van der Waals surface area contributed by atoms with Crippen LogP contribution in [0.15, 0.2) is 30.6 Å². The van der Waals surface area contributed by atoms with Gasteiger partial charge in [-0.2, -0.15) is 5.10 Å². The molecule has 0 fully saturated rings. The molecule has 0 spiro atoms. The second-order valence-electron chi connectivity index (χ2n) is 6.54. The predicted octanol–water partition coefficient (Wildman–Crippen LogP) is 3.68. The van der Waals surface area contributed by atoms with Crippen LogP contribution in [-0.4, -0.2) is 32.8 Å². The minimum atomic E-state index is -0.825. The third-order valence-corrected chi connectivity index (χ3v) is 4.78. The summed E-state index contributed by atoms with van der Waals surface area (Å²) < 4.78 is 7.32. The minimum absolute atomic E-state index is 0.0454. The quantitative estimate of drug-likeness (QED) is 0.657. The van der Waals surface area contributed by atoms with Crippen molar-refractivity contribution in [2.45, 2.75) is 46.1 Å². The van der Waals surface area contributed by atoms with E-state index in [1.807, 2.05) is 16.9 Å². The lowest BCUT2D eigenvalue weighted by Crippen LogP contribution is -2.11. The Morgan fingerprint density at radius 1 is 1.22 bits per heavy atom. The molecule has 6 heteroatoms. The highest BCUT2D eigenvalue weighted by Gasteiger charge is 2.19. The molecular formula is C21H25N3O3. The van der Waals surface area contributed by atoms with Crippen LogP contribution in [0.4, 0.5) is 0 Å². The first kappa shape index (κ1) is 19.0. The van der Waals surface area contributed by atoms with Gasteiger partial charge in [0.1, 0.15) is 0 Å². The Kier molecular flexibility index (Phi) is 5.86. The van der Waals surface area contributed by atoms with Crippen molar-refractivity contribution in [3.63, 3.8) is 0 Å². The van der Waals surface area contributed by atoms with Crippen LogP contribution in [0.25, 0.3) is 16.6 Å². The first-order chi connectivity index (χ1) is 13.1. The van der Waals surface area contributed by atoms with E-state index >= 15 is 0 Å². The van der Waals surface area contributed by atoms with E-state index in [-0.39, 0.29) is 6.42 Å². The summed E-state index contributed by atoms with van der Waals surface area (Å²) in [6.45, 7) is 4.52. The van der Waals surface area contributed by atoms with Crippen LogP contribution in [-0.2, 0) is 35.4 Å². The van der Waals surface area contributed by atoms with E-state index in [0.29, 0.717) is 13.0 Å². The third-order valence-electron chi connectivity index (χ3n) is 4.78. The van der Waals surface area contributed by atoms with Gasteiger partial charge in [0.15, 0.2) is 0 Å². The molecule has 3 aromatic heterocycles. The lowest BCUT2D eigenvalue weighted by atomic mass is 9.95. The standard InChI is InChI=1S/C21H25N3O3/c1-4-14-10-15(12-22-11-14)21-17(7-9-20(25)26)18(13-27-3)23-24-16(5-2)6-8-19(21)24/h6,8,10-12H,4-5,7,9,13H2,1-3H3,(H,25,26). The first-order valence-electron chi connectivity index (χ1n) is 9.26. The topological polar surface area (TPSA) is 76.7 Å². The summed E-state index contributed by atoms with van der Waals surface area (Å²) in [4.78, 5) is 15.6. The third kappa shape index (κ3) is 3.85. The number of rotatable bonds is 8. The van der Waals surface area contributed by atoms with Gasteiger partial charge in [-0.15, -0.1) is 0 Å². The molecule has 0 atom stereocenters. The molecule has 142 valence electrons. The molecule has 1 N–H and O–H groups in total. The molecule has 0 aromatic carbocycles. The summed E-state index contributed by atoms with van der Waals surface area (Å²) in [5.74, 6) is -0.825.